The molecular formula is C8H11N5OS. The van der Waals surface area contributed by atoms with E-state index >= 15 is 0 Å². The molecule has 0 aliphatic rings. The van der Waals surface area contributed by atoms with Gasteiger partial charge in [0.1, 0.15) is 0 Å². The largest absolute Gasteiger partial charge is 0.390 e. The van der Waals surface area contributed by atoms with Crippen LogP contribution in [0.15, 0.2) is 16.0 Å². The second-order valence-corrected chi connectivity index (χ2v) is 4.02. The number of hydrogen-bond donors (Lipinski definition) is 2. The maximum atomic E-state index is 5.29. The van der Waals surface area contributed by atoms with Crippen molar-refractivity contribution in [1.29, 1.82) is 0 Å². The summed E-state index contributed by atoms with van der Waals surface area (Å²) in [4.78, 5) is 4.22. The molecule has 0 bridgehead atoms. The smallest absolute Gasteiger partial charge is 0.316 e. The highest BCUT2D eigenvalue weighted by molar-refractivity contribution is 7.09. The number of nitrogens with zero attached hydrogens (tertiary/aromatic N) is 3. The Kier molecular flexibility index (Phi) is 2.82. The third-order valence-electron chi connectivity index (χ3n) is 1.87. The predicted octanol–water partition coefficient (Wildman–Crippen LogP) is 1.32. The maximum Gasteiger partial charge on any atom is 0.316 e. The van der Waals surface area contributed by atoms with Crippen LogP contribution in [0.4, 0.5) is 12.0 Å². The summed E-state index contributed by atoms with van der Waals surface area (Å²) in [6.07, 6.45) is 1.79. The van der Waals surface area contributed by atoms with E-state index in [0.29, 0.717) is 18.5 Å². The molecule has 1 atom stereocenters. The predicted molar refractivity (Wildman–Crippen MR) is 57.7 cm³/mol. The highest BCUT2D eigenvalue weighted by Crippen LogP contribution is 2.18. The van der Waals surface area contributed by atoms with Crippen LogP contribution in [0.25, 0.3) is 0 Å². The first-order valence-corrected chi connectivity index (χ1v) is 5.36. The lowest BCUT2D eigenvalue weighted by molar-refractivity contribution is 0.582. The van der Waals surface area contributed by atoms with Crippen molar-refractivity contribution >= 4 is 23.4 Å². The van der Waals surface area contributed by atoms with Crippen LogP contribution in [0.2, 0.25) is 0 Å². The van der Waals surface area contributed by atoms with Gasteiger partial charge < -0.3 is 15.5 Å². The summed E-state index contributed by atoms with van der Waals surface area (Å²) in [5.41, 5.74) is 5.29. The van der Waals surface area contributed by atoms with E-state index in [2.05, 4.69) is 27.4 Å². The second-order valence-electron chi connectivity index (χ2n) is 3.10. The number of thiazole rings is 1. The molecule has 1 unspecified atom stereocenters. The minimum atomic E-state index is 0.0689. The molecule has 2 aromatic heterocycles. The average Bonchev–Trinajstić information content (AvgIpc) is 2.84. The molecule has 80 valence electrons. The molecular weight excluding hydrogens is 214 g/mol. The Morgan fingerprint density at radius 3 is 3.07 bits per heavy atom. The number of nitrogens with one attached hydrogen (secondary N) is 1. The van der Waals surface area contributed by atoms with Gasteiger partial charge in [0, 0.05) is 24.0 Å². The fourth-order valence-electron chi connectivity index (χ4n) is 1.11. The molecule has 0 radical (unpaired) electrons. The molecule has 0 aliphatic heterocycles. The molecule has 2 aromatic rings. The normalized spacial score (nSPS) is 12.6. The van der Waals surface area contributed by atoms with Crippen molar-refractivity contribution < 1.29 is 4.42 Å². The molecule has 0 spiro atoms. The highest BCUT2D eigenvalue weighted by Gasteiger charge is 2.09. The van der Waals surface area contributed by atoms with Crippen molar-refractivity contribution in [2.24, 2.45) is 0 Å². The van der Waals surface area contributed by atoms with Gasteiger partial charge in [-0.25, -0.2) is 4.98 Å². The van der Waals surface area contributed by atoms with E-state index in [-0.39, 0.29) is 6.01 Å². The van der Waals surface area contributed by atoms with E-state index in [1.165, 1.54) is 0 Å². The summed E-state index contributed by atoms with van der Waals surface area (Å²) in [5, 5.41) is 13.3. The quantitative estimate of drug-likeness (QED) is 0.815. The molecule has 0 aromatic carbocycles. The molecule has 15 heavy (non-hydrogen) atoms. The zero-order valence-electron chi connectivity index (χ0n) is 8.17. The minimum absolute atomic E-state index is 0.0689. The molecule has 0 saturated carbocycles. The van der Waals surface area contributed by atoms with Crippen molar-refractivity contribution in [3.05, 3.63) is 16.6 Å². The van der Waals surface area contributed by atoms with Gasteiger partial charge in [0.25, 0.3) is 0 Å². The fraction of sp³-hybridized carbons (Fsp3) is 0.375. The zero-order chi connectivity index (χ0) is 10.7. The SMILES string of the molecule is CC(CNc1nnc(N)o1)c1nccs1. The Hall–Kier alpha value is -1.63. The number of aromatic nitrogens is 3. The van der Waals surface area contributed by atoms with Crippen molar-refractivity contribution in [2.75, 3.05) is 17.6 Å². The molecule has 0 aliphatic carbocycles. The molecule has 7 heteroatoms. The Labute approximate surface area is 90.5 Å². The van der Waals surface area contributed by atoms with Crippen LogP contribution < -0.4 is 11.1 Å². The maximum absolute atomic E-state index is 5.29. The lowest BCUT2D eigenvalue weighted by Gasteiger charge is -2.07. The Morgan fingerprint density at radius 1 is 1.60 bits per heavy atom. The van der Waals surface area contributed by atoms with Gasteiger partial charge in [-0.3, -0.25) is 0 Å². The molecule has 0 amide bonds. The molecule has 0 saturated heterocycles. The number of nitrogen functional groups attached to an aromatic ring is 1. The molecule has 2 rings (SSSR count). The molecule has 2 heterocycles. The first-order chi connectivity index (χ1) is 7.25. The third-order valence-corrected chi connectivity index (χ3v) is 2.88. The van der Waals surface area contributed by atoms with Crippen LogP contribution in [-0.2, 0) is 0 Å². The average molecular weight is 225 g/mol. The summed E-state index contributed by atoms with van der Waals surface area (Å²) in [6.45, 7) is 2.76. The molecule has 0 fully saturated rings. The Morgan fingerprint density at radius 2 is 2.47 bits per heavy atom. The topological polar surface area (TPSA) is 89.9 Å². The lowest BCUT2D eigenvalue weighted by Crippen LogP contribution is -2.09. The summed E-state index contributed by atoms with van der Waals surface area (Å²) < 4.78 is 4.98. The standard InChI is InChI=1S/C8H11N5OS/c1-5(6-10-2-3-15-6)4-11-8-13-12-7(9)14-8/h2-3,5H,4H2,1H3,(H2,9,12)(H,11,13). The van der Waals surface area contributed by atoms with Crippen LogP contribution in [0.1, 0.15) is 17.8 Å². The van der Waals surface area contributed by atoms with Gasteiger partial charge in [0.15, 0.2) is 0 Å². The van der Waals surface area contributed by atoms with Gasteiger partial charge in [-0.1, -0.05) is 17.1 Å². The number of hydrogen-bond acceptors (Lipinski definition) is 7. The Balaban J connectivity index is 1.88. The van der Waals surface area contributed by atoms with Gasteiger partial charge in [-0.2, -0.15) is 0 Å². The fourth-order valence-corrected chi connectivity index (χ4v) is 1.81. The van der Waals surface area contributed by atoms with Crippen LogP contribution in [0, 0.1) is 0 Å². The first-order valence-electron chi connectivity index (χ1n) is 4.48. The Bertz CT molecular complexity index is 412. The number of anilines is 2. The first kappa shape index (κ1) is 9.91. The number of nitrogens with two attached hydrogens (primary N) is 1. The summed E-state index contributed by atoms with van der Waals surface area (Å²) in [5.74, 6) is 0.304. The molecule has 3 N–H and O–H groups in total. The lowest BCUT2D eigenvalue weighted by atomic mass is 10.2. The van der Waals surface area contributed by atoms with Gasteiger partial charge in [-0.15, -0.1) is 11.3 Å². The van der Waals surface area contributed by atoms with E-state index < -0.39 is 0 Å². The van der Waals surface area contributed by atoms with E-state index in [9.17, 15) is 0 Å². The van der Waals surface area contributed by atoms with Gasteiger partial charge in [0.2, 0.25) is 0 Å². The number of rotatable bonds is 4. The summed E-state index contributed by atoms with van der Waals surface area (Å²) in [6, 6.07) is 0.412. The van der Waals surface area contributed by atoms with Gasteiger partial charge in [-0.05, 0) is 0 Å². The van der Waals surface area contributed by atoms with Crippen LogP contribution in [0.5, 0.6) is 0 Å². The van der Waals surface area contributed by atoms with Crippen molar-refractivity contribution in [2.45, 2.75) is 12.8 Å². The van der Waals surface area contributed by atoms with Crippen molar-refractivity contribution in [3.63, 3.8) is 0 Å². The van der Waals surface area contributed by atoms with E-state index in [0.717, 1.165) is 5.01 Å². The molecule has 6 nitrogen and oxygen atoms in total. The second kappa shape index (κ2) is 4.26. The van der Waals surface area contributed by atoms with Gasteiger partial charge in [0.05, 0.1) is 5.01 Å². The summed E-state index contributed by atoms with van der Waals surface area (Å²) in [7, 11) is 0. The van der Waals surface area contributed by atoms with Crippen LogP contribution in [0.3, 0.4) is 0 Å². The van der Waals surface area contributed by atoms with E-state index in [1.54, 1.807) is 17.5 Å². The van der Waals surface area contributed by atoms with E-state index in [1.807, 2.05) is 5.38 Å². The van der Waals surface area contributed by atoms with Crippen LogP contribution >= 0.6 is 11.3 Å². The van der Waals surface area contributed by atoms with E-state index in [4.69, 9.17) is 10.2 Å². The van der Waals surface area contributed by atoms with Crippen LogP contribution in [-0.4, -0.2) is 21.7 Å². The van der Waals surface area contributed by atoms with Crippen molar-refractivity contribution in [1.82, 2.24) is 15.2 Å². The zero-order valence-corrected chi connectivity index (χ0v) is 8.99. The monoisotopic (exact) mass is 225 g/mol. The minimum Gasteiger partial charge on any atom is -0.390 e. The summed E-state index contributed by atoms with van der Waals surface area (Å²) >= 11 is 1.63. The van der Waals surface area contributed by atoms with Crippen molar-refractivity contribution in [3.8, 4) is 0 Å². The third kappa shape index (κ3) is 2.44. The highest BCUT2D eigenvalue weighted by atomic mass is 32.1. The van der Waals surface area contributed by atoms with Gasteiger partial charge >= 0.3 is 12.0 Å².